The van der Waals surface area contributed by atoms with Gasteiger partial charge in [-0.15, -0.1) is 0 Å². The Labute approximate surface area is 189 Å². The topological polar surface area (TPSA) is 88.2 Å². The van der Waals surface area contributed by atoms with E-state index in [1.54, 1.807) is 6.33 Å². The van der Waals surface area contributed by atoms with E-state index in [9.17, 15) is 4.79 Å². The fourth-order valence-corrected chi connectivity index (χ4v) is 3.42. The number of aromatic nitrogens is 2. The number of nitrogens with zero attached hydrogens (tertiary/aromatic N) is 2. The molecule has 1 aliphatic carbocycles. The van der Waals surface area contributed by atoms with Crippen LogP contribution in [0.15, 0.2) is 48.8 Å². The molecule has 3 N–H and O–H groups in total. The fraction of sp³-hybridized carbons (Fsp3) is 0.400. The van der Waals surface area contributed by atoms with Crippen molar-refractivity contribution in [3.63, 3.8) is 0 Å². The van der Waals surface area contributed by atoms with E-state index in [4.69, 9.17) is 4.74 Å². The normalized spacial score (nSPS) is 13.7. The minimum absolute atomic E-state index is 0.297. The maximum absolute atomic E-state index is 11.7. The van der Waals surface area contributed by atoms with Crippen molar-refractivity contribution in [3.05, 3.63) is 54.4 Å². The van der Waals surface area contributed by atoms with Crippen molar-refractivity contribution < 1.29 is 9.53 Å². The smallest absolute Gasteiger partial charge is 0.407 e. The number of alkyl carbamates (subject to hydrolysis) is 1. The zero-order valence-corrected chi connectivity index (χ0v) is 18.9. The number of anilines is 1. The number of benzene rings is 2. The Hall–Kier alpha value is -3.19. The summed E-state index contributed by atoms with van der Waals surface area (Å²) in [5, 5.41) is 10.7. The average molecular weight is 434 g/mol. The molecule has 1 aliphatic rings. The van der Waals surface area contributed by atoms with Crippen LogP contribution in [0.2, 0.25) is 0 Å². The molecule has 0 spiro atoms. The molecule has 1 heterocycles. The van der Waals surface area contributed by atoms with Gasteiger partial charge in [0.15, 0.2) is 0 Å². The highest BCUT2D eigenvalue weighted by atomic mass is 16.5. The van der Waals surface area contributed by atoms with E-state index in [2.05, 4.69) is 68.4 Å². The Kier molecular flexibility index (Phi) is 6.55. The predicted octanol–water partition coefficient (Wildman–Crippen LogP) is 4.49. The second kappa shape index (κ2) is 9.53. The predicted molar refractivity (Wildman–Crippen MR) is 128 cm³/mol. The van der Waals surface area contributed by atoms with Crippen LogP contribution in [0.5, 0.6) is 0 Å². The highest BCUT2D eigenvalue weighted by Gasteiger charge is 2.22. The molecule has 168 valence electrons. The molecule has 0 unspecified atom stereocenters. The Morgan fingerprint density at radius 2 is 1.91 bits per heavy atom. The van der Waals surface area contributed by atoms with Crippen molar-refractivity contribution in [2.75, 3.05) is 18.5 Å². The number of rotatable bonds is 8. The standard InChI is InChI=1S/C25H31N5O2/c1-25(2,3)30-24(31)32-12-11-26-15-17-5-4-6-18(13-17)19-7-10-22-21(14-19)23(28-16-27-22)29-20-8-9-20/h4-7,10,13-14,16,20,26H,8-9,11-12,15H2,1-3H3,(H,30,31)(H,27,28,29). The molecule has 0 aliphatic heterocycles. The maximum atomic E-state index is 11.7. The largest absolute Gasteiger partial charge is 0.448 e. The van der Waals surface area contributed by atoms with Crippen LogP contribution < -0.4 is 16.0 Å². The van der Waals surface area contributed by atoms with Gasteiger partial charge in [-0.3, -0.25) is 0 Å². The highest BCUT2D eigenvalue weighted by Crippen LogP contribution is 2.30. The quantitative estimate of drug-likeness (QED) is 0.454. The van der Waals surface area contributed by atoms with E-state index in [1.165, 1.54) is 18.4 Å². The third kappa shape index (κ3) is 6.17. The number of hydrogen-bond donors (Lipinski definition) is 3. The van der Waals surface area contributed by atoms with Crippen molar-refractivity contribution in [2.24, 2.45) is 0 Å². The van der Waals surface area contributed by atoms with Crippen molar-refractivity contribution in [1.29, 1.82) is 0 Å². The second-order valence-electron chi connectivity index (χ2n) is 9.26. The molecule has 1 amide bonds. The van der Waals surface area contributed by atoms with Crippen LogP contribution in [0.25, 0.3) is 22.0 Å². The van der Waals surface area contributed by atoms with Gasteiger partial charge in [-0.2, -0.15) is 0 Å². The van der Waals surface area contributed by atoms with E-state index in [0.29, 0.717) is 25.7 Å². The molecule has 2 aromatic carbocycles. The first-order chi connectivity index (χ1) is 15.4. The van der Waals surface area contributed by atoms with Crippen molar-refractivity contribution in [2.45, 2.75) is 51.7 Å². The molecule has 0 bridgehead atoms. The lowest BCUT2D eigenvalue weighted by atomic mass is 10.0. The van der Waals surface area contributed by atoms with E-state index < -0.39 is 6.09 Å². The summed E-state index contributed by atoms with van der Waals surface area (Å²) in [7, 11) is 0. The van der Waals surface area contributed by atoms with Crippen LogP contribution in [0.3, 0.4) is 0 Å². The van der Waals surface area contributed by atoms with Crippen molar-refractivity contribution >= 4 is 22.8 Å². The summed E-state index contributed by atoms with van der Waals surface area (Å²) in [4.78, 5) is 20.6. The van der Waals surface area contributed by atoms with Gasteiger partial charge in [-0.1, -0.05) is 24.3 Å². The van der Waals surface area contributed by atoms with E-state index >= 15 is 0 Å². The SMILES string of the molecule is CC(C)(C)NC(=O)OCCNCc1cccc(-c2ccc3ncnc(NC4CC4)c3c2)c1. The van der Waals surface area contributed by atoms with Crippen LogP contribution in [0, 0.1) is 0 Å². The molecule has 4 rings (SSSR count). The number of hydrogen-bond acceptors (Lipinski definition) is 6. The fourth-order valence-electron chi connectivity index (χ4n) is 3.42. The summed E-state index contributed by atoms with van der Waals surface area (Å²) >= 11 is 0. The number of carbonyl (C=O) groups excluding carboxylic acids is 1. The van der Waals surface area contributed by atoms with E-state index in [1.807, 2.05) is 20.8 Å². The first-order valence-electron chi connectivity index (χ1n) is 11.1. The molecule has 7 nitrogen and oxygen atoms in total. The lowest BCUT2D eigenvalue weighted by Gasteiger charge is -2.19. The van der Waals surface area contributed by atoms with Gasteiger partial charge in [0.05, 0.1) is 5.52 Å². The summed E-state index contributed by atoms with van der Waals surface area (Å²) in [5.74, 6) is 0.910. The van der Waals surface area contributed by atoms with Crippen LogP contribution >= 0.6 is 0 Å². The Morgan fingerprint density at radius 1 is 1.09 bits per heavy atom. The lowest BCUT2D eigenvalue weighted by molar-refractivity contribution is 0.138. The van der Waals surface area contributed by atoms with Crippen LogP contribution in [-0.2, 0) is 11.3 Å². The van der Waals surface area contributed by atoms with Crippen LogP contribution in [0.1, 0.15) is 39.2 Å². The highest BCUT2D eigenvalue weighted by molar-refractivity contribution is 5.92. The molecule has 0 atom stereocenters. The van der Waals surface area contributed by atoms with Gasteiger partial charge in [0, 0.05) is 30.1 Å². The minimum atomic E-state index is -0.392. The summed E-state index contributed by atoms with van der Waals surface area (Å²) in [6, 6.07) is 15.3. The third-order valence-electron chi connectivity index (χ3n) is 5.13. The first kappa shape index (κ1) is 22.0. The molecular formula is C25H31N5O2. The van der Waals surface area contributed by atoms with Gasteiger partial charge in [0.2, 0.25) is 0 Å². The zero-order chi connectivity index (χ0) is 22.6. The molecule has 1 fully saturated rings. The van der Waals surface area contributed by atoms with Gasteiger partial charge in [0.25, 0.3) is 0 Å². The monoisotopic (exact) mass is 433 g/mol. The molecule has 32 heavy (non-hydrogen) atoms. The van der Waals surface area contributed by atoms with Crippen LogP contribution in [0.4, 0.5) is 10.6 Å². The van der Waals surface area contributed by atoms with Gasteiger partial charge in [-0.25, -0.2) is 14.8 Å². The average Bonchev–Trinajstić information content (AvgIpc) is 3.56. The van der Waals surface area contributed by atoms with E-state index in [0.717, 1.165) is 27.8 Å². The Balaban J connectivity index is 1.36. The van der Waals surface area contributed by atoms with Gasteiger partial charge in [-0.05, 0) is 68.5 Å². The molecule has 3 aromatic rings. The second-order valence-corrected chi connectivity index (χ2v) is 9.26. The maximum Gasteiger partial charge on any atom is 0.407 e. The van der Waals surface area contributed by atoms with Crippen molar-refractivity contribution in [1.82, 2.24) is 20.6 Å². The lowest BCUT2D eigenvalue weighted by Crippen LogP contribution is -2.41. The summed E-state index contributed by atoms with van der Waals surface area (Å²) in [6.45, 7) is 7.38. The number of nitrogens with one attached hydrogen (secondary N) is 3. The summed E-state index contributed by atoms with van der Waals surface area (Å²) in [5.41, 5.74) is 4.10. The number of amides is 1. The van der Waals surface area contributed by atoms with Crippen molar-refractivity contribution in [3.8, 4) is 11.1 Å². The summed E-state index contributed by atoms with van der Waals surface area (Å²) in [6.07, 6.45) is 3.63. The first-order valence-corrected chi connectivity index (χ1v) is 11.1. The number of fused-ring (bicyclic) bond motifs is 1. The van der Waals surface area contributed by atoms with Gasteiger partial charge < -0.3 is 20.7 Å². The zero-order valence-electron chi connectivity index (χ0n) is 18.9. The van der Waals surface area contributed by atoms with Gasteiger partial charge in [0.1, 0.15) is 18.8 Å². The molecule has 1 aromatic heterocycles. The van der Waals surface area contributed by atoms with Gasteiger partial charge >= 0.3 is 6.09 Å². The number of carbonyl (C=O) groups is 1. The Morgan fingerprint density at radius 3 is 2.69 bits per heavy atom. The molecule has 7 heteroatoms. The Bertz CT molecular complexity index is 1090. The minimum Gasteiger partial charge on any atom is -0.448 e. The molecule has 0 saturated heterocycles. The summed E-state index contributed by atoms with van der Waals surface area (Å²) < 4.78 is 5.20. The molecule has 0 radical (unpaired) electrons. The third-order valence-corrected chi connectivity index (χ3v) is 5.13. The number of ether oxygens (including phenoxy) is 1. The van der Waals surface area contributed by atoms with Crippen LogP contribution in [-0.4, -0.2) is 40.8 Å². The molecular weight excluding hydrogens is 402 g/mol. The van der Waals surface area contributed by atoms with E-state index in [-0.39, 0.29) is 5.54 Å². The molecule has 1 saturated carbocycles.